The summed E-state index contributed by atoms with van der Waals surface area (Å²) in [6.07, 6.45) is -4.36. The van der Waals surface area contributed by atoms with Crippen molar-refractivity contribution in [2.45, 2.75) is 33.5 Å². The van der Waals surface area contributed by atoms with Gasteiger partial charge in [0.2, 0.25) is 5.91 Å². The van der Waals surface area contributed by atoms with Crippen LogP contribution in [0.1, 0.15) is 31.9 Å². The molecule has 1 amide bonds. The zero-order valence-electron chi connectivity index (χ0n) is 14.7. The molecule has 3 N–H and O–H groups in total. The Balaban J connectivity index is 2.59. The van der Waals surface area contributed by atoms with Crippen molar-refractivity contribution in [3.05, 3.63) is 35.4 Å². The number of aliphatic imine (C=N–C) groups is 1. The predicted molar refractivity (Wildman–Crippen MR) is 92.1 cm³/mol. The zero-order chi connectivity index (χ0) is 18.9. The third-order valence-electron chi connectivity index (χ3n) is 3.26. The van der Waals surface area contributed by atoms with Gasteiger partial charge in [0.1, 0.15) is 0 Å². The maximum Gasteiger partial charge on any atom is 0.416 e. The molecule has 1 rings (SSSR count). The van der Waals surface area contributed by atoms with E-state index in [0.717, 1.165) is 12.1 Å². The van der Waals surface area contributed by atoms with Gasteiger partial charge in [-0.05, 0) is 24.6 Å². The molecular weight excluding hydrogens is 333 g/mol. The van der Waals surface area contributed by atoms with E-state index in [-0.39, 0.29) is 18.4 Å². The highest BCUT2D eigenvalue weighted by molar-refractivity contribution is 5.80. The Morgan fingerprint density at radius 2 is 1.84 bits per heavy atom. The Morgan fingerprint density at radius 3 is 2.44 bits per heavy atom. The van der Waals surface area contributed by atoms with E-state index in [1.165, 1.54) is 6.07 Å². The molecule has 0 radical (unpaired) electrons. The average molecular weight is 358 g/mol. The summed E-state index contributed by atoms with van der Waals surface area (Å²) >= 11 is 0. The molecule has 25 heavy (non-hydrogen) atoms. The standard InChI is InChI=1S/C17H25F3N4O/c1-4-21-16(23-9-8-22-15(25)12(2)3)24-11-13-6-5-7-14(10-13)17(18,19)20/h5-7,10,12H,4,8-9,11H2,1-3H3,(H,22,25)(H2,21,23,24). The fraction of sp³-hybridized carbons (Fsp3) is 0.529. The number of nitrogens with zero attached hydrogens (tertiary/aromatic N) is 1. The van der Waals surface area contributed by atoms with Crippen molar-refractivity contribution in [2.24, 2.45) is 10.9 Å². The Kier molecular flexibility index (Phi) is 8.24. The number of amides is 1. The predicted octanol–water partition coefficient (Wildman–Crippen LogP) is 2.53. The quantitative estimate of drug-likeness (QED) is 0.399. The topological polar surface area (TPSA) is 65.5 Å². The molecule has 0 saturated heterocycles. The maximum absolute atomic E-state index is 12.7. The summed E-state index contributed by atoms with van der Waals surface area (Å²) in [6.45, 7) is 7.15. The van der Waals surface area contributed by atoms with Gasteiger partial charge >= 0.3 is 6.18 Å². The van der Waals surface area contributed by atoms with E-state index in [0.29, 0.717) is 31.2 Å². The molecule has 0 aliphatic carbocycles. The van der Waals surface area contributed by atoms with Crippen LogP contribution in [0.3, 0.4) is 0 Å². The lowest BCUT2D eigenvalue weighted by Gasteiger charge is -2.13. The van der Waals surface area contributed by atoms with Crippen molar-refractivity contribution in [1.82, 2.24) is 16.0 Å². The fourth-order valence-electron chi connectivity index (χ4n) is 1.93. The molecule has 0 spiro atoms. The molecule has 0 fully saturated rings. The van der Waals surface area contributed by atoms with Gasteiger partial charge in [0.05, 0.1) is 12.1 Å². The number of alkyl halides is 3. The highest BCUT2D eigenvalue weighted by atomic mass is 19.4. The number of carbonyl (C=O) groups is 1. The molecule has 0 heterocycles. The van der Waals surface area contributed by atoms with Gasteiger partial charge in [0.15, 0.2) is 5.96 Å². The van der Waals surface area contributed by atoms with Crippen LogP contribution < -0.4 is 16.0 Å². The van der Waals surface area contributed by atoms with E-state index < -0.39 is 11.7 Å². The van der Waals surface area contributed by atoms with E-state index >= 15 is 0 Å². The van der Waals surface area contributed by atoms with Crippen molar-refractivity contribution in [2.75, 3.05) is 19.6 Å². The van der Waals surface area contributed by atoms with Crippen molar-refractivity contribution in [3.63, 3.8) is 0 Å². The molecule has 0 atom stereocenters. The third-order valence-corrected chi connectivity index (χ3v) is 3.26. The maximum atomic E-state index is 12.7. The normalized spacial score (nSPS) is 12.2. The summed E-state index contributed by atoms with van der Waals surface area (Å²) < 4.78 is 38.2. The number of rotatable bonds is 7. The Morgan fingerprint density at radius 1 is 1.16 bits per heavy atom. The lowest BCUT2D eigenvalue weighted by atomic mass is 10.1. The molecule has 0 unspecified atom stereocenters. The van der Waals surface area contributed by atoms with E-state index in [2.05, 4.69) is 20.9 Å². The first kappa shape index (κ1) is 20.8. The Labute approximate surface area is 146 Å². The number of benzene rings is 1. The van der Waals surface area contributed by atoms with Gasteiger partial charge in [-0.3, -0.25) is 4.79 Å². The summed E-state index contributed by atoms with van der Waals surface area (Å²) in [7, 11) is 0. The van der Waals surface area contributed by atoms with Crippen LogP contribution in [0.5, 0.6) is 0 Å². The van der Waals surface area contributed by atoms with Crippen molar-refractivity contribution in [3.8, 4) is 0 Å². The number of carbonyl (C=O) groups excluding carboxylic acids is 1. The van der Waals surface area contributed by atoms with Gasteiger partial charge < -0.3 is 16.0 Å². The SMILES string of the molecule is CCNC(=NCc1cccc(C(F)(F)F)c1)NCCNC(=O)C(C)C. The van der Waals surface area contributed by atoms with Crippen LogP contribution in [0, 0.1) is 5.92 Å². The molecule has 0 bridgehead atoms. The molecule has 0 aromatic heterocycles. The van der Waals surface area contributed by atoms with Crippen LogP contribution in [0.25, 0.3) is 0 Å². The van der Waals surface area contributed by atoms with E-state index in [9.17, 15) is 18.0 Å². The van der Waals surface area contributed by atoms with Crippen LogP contribution in [-0.2, 0) is 17.5 Å². The van der Waals surface area contributed by atoms with Gasteiger partial charge in [-0.15, -0.1) is 0 Å². The molecule has 0 aliphatic rings. The lowest BCUT2D eigenvalue weighted by molar-refractivity contribution is -0.137. The van der Waals surface area contributed by atoms with E-state index in [4.69, 9.17) is 0 Å². The summed E-state index contributed by atoms with van der Waals surface area (Å²) in [5, 5.41) is 8.81. The monoisotopic (exact) mass is 358 g/mol. The second kappa shape index (κ2) is 9.90. The molecule has 1 aromatic rings. The van der Waals surface area contributed by atoms with Crippen LogP contribution in [0.15, 0.2) is 29.3 Å². The summed E-state index contributed by atoms with van der Waals surface area (Å²) in [5.74, 6) is 0.370. The second-order valence-corrected chi connectivity index (χ2v) is 5.77. The largest absolute Gasteiger partial charge is 0.416 e. The average Bonchev–Trinajstić information content (AvgIpc) is 2.55. The molecule has 5 nitrogen and oxygen atoms in total. The molecule has 140 valence electrons. The molecule has 1 aromatic carbocycles. The first-order chi connectivity index (χ1) is 11.7. The molecular formula is C17H25F3N4O. The molecule has 0 saturated carbocycles. The van der Waals surface area contributed by atoms with Crippen LogP contribution >= 0.6 is 0 Å². The summed E-state index contributed by atoms with van der Waals surface area (Å²) in [5.41, 5.74) is -0.213. The highest BCUT2D eigenvalue weighted by Gasteiger charge is 2.30. The minimum Gasteiger partial charge on any atom is -0.357 e. The number of hydrogen-bond donors (Lipinski definition) is 3. The van der Waals surface area contributed by atoms with Crippen LogP contribution in [0.4, 0.5) is 13.2 Å². The Hall–Kier alpha value is -2.25. The third kappa shape index (κ3) is 7.91. The van der Waals surface area contributed by atoms with Gasteiger partial charge in [-0.2, -0.15) is 13.2 Å². The number of halogens is 3. The number of nitrogens with one attached hydrogen (secondary N) is 3. The lowest BCUT2D eigenvalue weighted by Crippen LogP contribution is -2.42. The highest BCUT2D eigenvalue weighted by Crippen LogP contribution is 2.29. The molecule has 8 heteroatoms. The van der Waals surface area contributed by atoms with Gasteiger partial charge in [-0.25, -0.2) is 4.99 Å². The van der Waals surface area contributed by atoms with Crippen LogP contribution in [0.2, 0.25) is 0 Å². The first-order valence-electron chi connectivity index (χ1n) is 8.20. The van der Waals surface area contributed by atoms with Gasteiger partial charge in [-0.1, -0.05) is 26.0 Å². The summed E-state index contributed by atoms with van der Waals surface area (Å²) in [6, 6.07) is 5.10. The zero-order valence-corrected chi connectivity index (χ0v) is 14.7. The smallest absolute Gasteiger partial charge is 0.357 e. The van der Waals surface area contributed by atoms with Crippen molar-refractivity contribution in [1.29, 1.82) is 0 Å². The molecule has 0 aliphatic heterocycles. The Bertz CT molecular complexity index is 586. The minimum absolute atomic E-state index is 0.0345. The van der Waals surface area contributed by atoms with Gasteiger partial charge in [0.25, 0.3) is 0 Å². The van der Waals surface area contributed by atoms with E-state index in [1.54, 1.807) is 6.07 Å². The second-order valence-electron chi connectivity index (χ2n) is 5.77. The van der Waals surface area contributed by atoms with Crippen LogP contribution in [-0.4, -0.2) is 31.5 Å². The summed E-state index contributed by atoms with van der Waals surface area (Å²) in [4.78, 5) is 15.7. The minimum atomic E-state index is -4.36. The fourth-order valence-corrected chi connectivity index (χ4v) is 1.93. The van der Waals surface area contributed by atoms with E-state index in [1.807, 2.05) is 20.8 Å². The number of hydrogen-bond acceptors (Lipinski definition) is 2. The van der Waals surface area contributed by atoms with Crippen molar-refractivity contribution < 1.29 is 18.0 Å². The number of guanidine groups is 1. The van der Waals surface area contributed by atoms with Gasteiger partial charge in [0, 0.05) is 25.6 Å². The van der Waals surface area contributed by atoms with Crippen molar-refractivity contribution >= 4 is 11.9 Å². The first-order valence-corrected chi connectivity index (χ1v) is 8.20.